The minimum absolute atomic E-state index is 0.0147. The maximum absolute atomic E-state index is 12.2. The van der Waals surface area contributed by atoms with Crippen molar-refractivity contribution >= 4 is 17.7 Å². The van der Waals surface area contributed by atoms with Gasteiger partial charge in [-0.15, -0.1) is 11.6 Å². The molecule has 3 atom stereocenters. The molecule has 1 fully saturated rings. The van der Waals surface area contributed by atoms with Crippen LogP contribution in [0.2, 0.25) is 0 Å². The molecule has 1 amide bonds. The second-order valence-corrected chi connectivity index (χ2v) is 5.59. The smallest absolute Gasteiger partial charge is 0.411 e. The molecule has 1 aliphatic heterocycles. The predicted octanol–water partition coefficient (Wildman–Crippen LogP) is 4.37. The van der Waals surface area contributed by atoms with Gasteiger partial charge in [-0.05, 0) is 25.3 Å². The van der Waals surface area contributed by atoms with Gasteiger partial charge in [-0.25, -0.2) is 4.79 Å². The molecule has 110 valence electrons. The molecule has 1 aromatic carbocycles. The van der Waals surface area contributed by atoms with Gasteiger partial charge in [0.25, 0.3) is 0 Å². The highest BCUT2D eigenvalue weighted by Crippen LogP contribution is 2.32. The van der Waals surface area contributed by atoms with Crippen molar-refractivity contribution in [3.63, 3.8) is 0 Å². The molecule has 0 bridgehead atoms. The van der Waals surface area contributed by atoms with E-state index in [0.717, 1.165) is 24.8 Å². The fraction of sp³-hybridized carbons (Fsp3) is 0.562. The molecule has 1 heterocycles. The highest BCUT2D eigenvalue weighted by atomic mass is 35.5. The molecular formula is C16H22ClNO2. The van der Waals surface area contributed by atoms with Crippen molar-refractivity contribution in [3.05, 3.63) is 35.9 Å². The molecule has 1 aliphatic rings. The van der Waals surface area contributed by atoms with Gasteiger partial charge in [-0.2, -0.15) is 0 Å². The van der Waals surface area contributed by atoms with E-state index in [2.05, 4.69) is 6.92 Å². The van der Waals surface area contributed by atoms with Crippen LogP contribution < -0.4 is 0 Å². The molecule has 3 nitrogen and oxygen atoms in total. The Bertz CT molecular complexity index is 437. The number of benzene rings is 1. The largest absolute Gasteiger partial charge is 0.444 e. The van der Waals surface area contributed by atoms with Gasteiger partial charge in [0.15, 0.2) is 0 Å². The van der Waals surface area contributed by atoms with E-state index in [-0.39, 0.29) is 24.3 Å². The summed E-state index contributed by atoms with van der Waals surface area (Å²) in [4.78, 5) is 14.0. The molecule has 4 heteroatoms. The lowest BCUT2D eigenvalue weighted by atomic mass is 10.0. The number of amides is 1. The van der Waals surface area contributed by atoms with Crippen LogP contribution in [-0.2, 0) is 4.74 Å². The quantitative estimate of drug-likeness (QED) is 0.730. The third kappa shape index (κ3) is 3.09. The average molecular weight is 296 g/mol. The Kier molecular flexibility index (Phi) is 5.30. The Morgan fingerprint density at radius 1 is 1.35 bits per heavy atom. The van der Waals surface area contributed by atoms with Gasteiger partial charge in [-0.1, -0.05) is 43.7 Å². The van der Waals surface area contributed by atoms with E-state index >= 15 is 0 Å². The van der Waals surface area contributed by atoms with Gasteiger partial charge in [0.1, 0.15) is 6.10 Å². The fourth-order valence-corrected chi connectivity index (χ4v) is 3.10. The monoisotopic (exact) mass is 295 g/mol. The number of carbonyl (C=O) groups is 1. The third-order valence-electron chi connectivity index (χ3n) is 3.95. The molecule has 0 saturated carbocycles. The van der Waals surface area contributed by atoms with E-state index < -0.39 is 0 Å². The van der Waals surface area contributed by atoms with Crippen molar-refractivity contribution in [2.24, 2.45) is 0 Å². The summed E-state index contributed by atoms with van der Waals surface area (Å²) in [6.45, 7) is 4.16. The van der Waals surface area contributed by atoms with Gasteiger partial charge in [0.2, 0.25) is 0 Å². The van der Waals surface area contributed by atoms with Crippen LogP contribution in [0.1, 0.15) is 44.7 Å². The minimum atomic E-state index is -0.242. The molecule has 1 saturated heterocycles. The van der Waals surface area contributed by atoms with E-state index in [0.29, 0.717) is 5.88 Å². The maximum Gasteiger partial charge on any atom is 0.411 e. The Hall–Kier alpha value is -1.22. The van der Waals surface area contributed by atoms with E-state index in [1.54, 1.807) is 4.90 Å². The summed E-state index contributed by atoms with van der Waals surface area (Å²) in [5, 5.41) is 0. The molecule has 1 aromatic rings. The normalized spacial score (nSPS) is 23.8. The van der Waals surface area contributed by atoms with E-state index in [1.807, 2.05) is 37.3 Å². The van der Waals surface area contributed by atoms with Crippen molar-refractivity contribution in [3.8, 4) is 0 Å². The molecule has 20 heavy (non-hydrogen) atoms. The van der Waals surface area contributed by atoms with Crippen LogP contribution in [0.15, 0.2) is 30.3 Å². The highest BCUT2D eigenvalue weighted by molar-refractivity contribution is 6.18. The van der Waals surface area contributed by atoms with E-state index in [9.17, 15) is 4.79 Å². The van der Waals surface area contributed by atoms with Crippen molar-refractivity contribution in [1.29, 1.82) is 0 Å². The van der Waals surface area contributed by atoms with E-state index in [1.165, 1.54) is 0 Å². The first-order valence-electron chi connectivity index (χ1n) is 7.28. The van der Waals surface area contributed by atoms with Gasteiger partial charge in [0.05, 0.1) is 12.1 Å². The Balaban J connectivity index is 2.15. The van der Waals surface area contributed by atoms with Crippen molar-refractivity contribution < 1.29 is 9.53 Å². The number of cyclic esters (lactones) is 1. The molecule has 0 N–H and O–H groups in total. The zero-order valence-electron chi connectivity index (χ0n) is 12.1. The summed E-state index contributed by atoms with van der Waals surface area (Å²) in [6, 6.07) is 9.95. The summed E-state index contributed by atoms with van der Waals surface area (Å²) in [7, 11) is 0. The van der Waals surface area contributed by atoms with Crippen molar-refractivity contribution in [1.82, 2.24) is 4.90 Å². The number of halogens is 1. The Morgan fingerprint density at radius 2 is 2.05 bits per heavy atom. The van der Waals surface area contributed by atoms with Gasteiger partial charge in [-0.3, -0.25) is 4.90 Å². The number of hydrogen-bond acceptors (Lipinski definition) is 2. The van der Waals surface area contributed by atoms with Crippen LogP contribution in [0.25, 0.3) is 0 Å². The number of ether oxygens (including phenoxy) is 1. The number of unbranched alkanes of at least 4 members (excludes halogenated alkanes) is 1. The van der Waals surface area contributed by atoms with Gasteiger partial charge < -0.3 is 4.74 Å². The zero-order chi connectivity index (χ0) is 14.5. The first-order valence-corrected chi connectivity index (χ1v) is 7.82. The predicted molar refractivity (Wildman–Crippen MR) is 81.0 cm³/mol. The molecule has 0 spiro atoms. The molecule has 0 aromatic heterocycles. The Morgan fingerprint density at radius 3 is 2.65 bits per heavy atom. The lowest BCUT2D eigenvalue weighted by Crippen LogP contribution is -2.39. The van der Waals surface area contributed by atoms with Crippen LogP contribution in [-0.4, -0.2) is 29.0 Å². The van der Waals surface area contributed by atoms with Crippen molar-refractivity contribution in [2.45, 2.75) is 51.3 Å². The molecule has 2 rings (SSSR count). The number of hydrogen-bond donors (Lipinski definition) is 0. The summed E-state index contributed by atoms with van der Waals surface area (Å²) in [6.07, 6.45) is 2.72. The van der Waals surface area contributed by atoms with Crippen LogP contribution >= 0.6 is 11.6 Å². The number of carbonyl (C=O) groups excluding carboxylic acids is 1. The average Bonchev–Trinajstić information content (AvgIpc) is 2.80. The van der Waals surface area contributed by atoms with E-state index in [4.69, 9.17) is 16.3 Å². The van der Waals surface area contributed by atoms with Crippen LogP contribution in [0.5, 0.6) is 0 Å². The Labute approximate surface area is 125 Å². The standard InChI is InChI=1S/C16H22ClNO2/c1-3-4-10-15-14(11-17)18(16(19)20-15)12(2)13-8-6-5-7-9-13/h5-9,12,14-15H,3-4,10-11H2,1-2H3/t12-,14+,15+/m1/s1. The zero-order valence-corrected chi connectivity index (χ0v) is 12.8. The summed E-state index contributed by atoms with van der Waals surface area (Å²) in [5.74, 6) is 0.414. The molecule has 0 unspecified atom stereocenters. The lowest BCUT2D eigenvalue weighted by Gasteiger charge is -2.28. The fourth-order valence-electron chi connectivity index (χ4n) is 2.75. The number of nitrogens with zero attached hydrogens (tertiary/aromatic N) is 1. The van der Waals surface area contributed by atoms with Crippen LogP contribution in [0, 0.1) is 0 Å². The van der Waals surface area contributed by atoms with Crippen LogP contribution in [0.3, 0.4) is 0 Å². The lowest BCUT2D eigenvalue weighted by molar-refractivity contribution is 0.123. The third-order valence-corrected chi connectivity index (χ3v) is 4.27. The minimum Gasteiger partial charge on any atom is -0.444 e. The van der Waals surface area contributed by atoms with Gasteiger partial charge >= 0.3 is 6.09 Å². The first-order chi connectivity index (χ1) is 9.69. The topological polar surface area (TPSA) is 29.5 Å². The second-order valence-electron chi connectivity index (χ2n) is 5.28. The summed E-state index contributed by atoms with van der Waals surface area (Å²) in [5.41, 5.74) is 1.11. The highest BCUT2D eigenvalue weighted by Gasteiger charge is 2.43. The molecular weight excluding hydrogens is 274 g/mol. The summed E-state index contributed by atoms with van der Waals surface area (Å²) >= 11 is 6.10. The number of alkyl halides is 1. The first kappa shape index (κ1) is 15.2. The SMILES string of the molecule is CCCC[C@@H]1OC(=O)N([C@H](C)c2ccccc2)[C@H]1CCl. The number of rotatable bonds is 6. The van der Waals surface area contributed by atoms with Crippen molar-refractivity contribution in [2.75, 3.05) is 5.88 Å². The second kappa shape index (κ2) is 6.98. The molecule has 0 aliphatic carbocycles. The van der Waals surface area contributed by atoms with Crippen LogP contribution in [0.4, 0.5) is 4.79 Å². The summed E-state index contributed by atoms with van der Waals surface area (Å²) < 4.78 is 5.52. The molecule has 0 radical (unpaired) electrons. The maximum atomic E-state index is 12.2. The van der Waals surface area contributed by atoms with Gasteiger partial charge in [0, 0.05) is 5.88 Å².